The molecule has 31 heavy (non-hydrogen) atoms. The van der Waals surface area contributed by atoms with E-state index in [2.05, 4.69) is 20.0 Å². The zero-order chi connectivity index (χ0) is 22.0. The summed E-state index contributed by atoms with van der Waals surface area (Å²) < 4.78 is 19.9. The summed E-state index contributed by atoms with van der Waals surface area (Å²) in [6, 6.07) is 12.7. The molecule has 4 rings (SSSR count). The van der Waals surface area contributed by atoms with Crippen LogP contribution in [-0.4, -0.2) is 40.5 Å². The number of rotatable bonds is 4. The van der Waals surface area contributed by atoms with E-state index in [0.29, 0.717) is 22.7 Å². The van der Waals surface area contributed by atoms with Gasteiger partial charge in [0.1, 0.15) is 17.3 Å². The Morgan fingerprint density at radius 2 is 1.94 bits per heavy atom. The predicted molar refractivity (Wildman–Crippen MR) is 114 cm³/mol. The molecule has 156 valence electrons. The van der Waals surface area contributed by atoms with Gasteiger partial charge >= 0.3 is 6.09 Å². The number of hydrogen-bond acceptors (Lipinski definition) is 5. The third-order valence-corrected chi connectivity index (χ3v) is 4.73. The van der Waals surface area contributed by atoms with E-state index in [-0.39, 0.29) is 5.91 Å². The van der Waals surface area contributed by atoms with Gasteiger partial charge in [-0.25, -0.2) is 19.2 Å². The molecule has 0 radical (unpaired) electrons. The average molecular weight is 419 g/mol. The molecule has 0 bridgehead atoms. The van der Waals surface area contributed by atoms with Crippen LogP contribution in [0.15, 0.2) is 67.1 Å². The number of anilines is 2. The molecule has 0 aliphatic carbocycles. The Labute approximate surface area is 176 Å². The van der Waals surface area contributed by atoms with Crippen LogP contribution in [-0.2, 0) is 4.74 Å². The summed E-state index contributed by atoms with van der Waals surface area (Å²) in [4.78, 5) is 34.2. The topological polar surface area (TPSA) is 88.8 Å². The number of halogens is 1. The second-order valence-corrected chi connectivity index (χ2v) is 6.68. The second-order valence-electron chi connectivity index (χ2n) is 6.68. The van der Waals surface area contributed by atoms with Gasteiger partial charge in [-0.1, -0.05) is 6.07 Å². The Balaban J connectivity index is 1.65. The van der Waals surface area contributed by atoms with Crippen molar-refractivity contribution in [3.63, 3.8) is 0 Å². The van der Waals surface area contributed by atoms with E-state index in [9.17, 15) is 14.0 Å². The van der Waals surface area contributed by atoms with Gasteiger partial charge < -0.3 is 9.64 Å². The van der Waals surface area contributed by atoms with Gasteiger partial charge in [-0.3, -0.25) is 14.5 Å². The molecule has 0 aliphatic rings. The standard InChI is InChI=1S/C22H18FN5O3/c1-27(17-5-3-4-16(23)10-17)21(29)15-7-9-20-25-12-18(28(20)13-15)14-6-8-19(24-11-14)26-22(30)31-2/h3-13H,1-2H3,(H,24,26,30). The molecule has 1 N–H and O–H groups in total. The molecule has 2 amide bonds. The molecular weight excluding hydrogens is 401 g/mol. The van der Waals surface area contributed by atoms with Crippen LogP contribution in [0.25, 0.3) is 16.9 Å². The molecule has 8 nitrogen and oxygen atoms in total. The number of carbonyl (C=O) groups is 2. The summed E-state index contributed by atoms with van der Waals surface area (Å²) in [6.07, 6.45) is 4.32. The Kier molecular flexibility index (Phi) is 5.31. The van der Waals surface area contributed by atoms with E-state index >= 15 is 0 Å². The number of hydrogen-bond donors (Lipinski definition) is 1. The fourth-order valence-electron chi connectivity index (χ4n) is 3.09. The summed E-state index contributed by atoms with van der Waals surface area (Å²) >= 11 is 0. The molecule has 0 spiro atoms. The molecule has 3 heterocycles. The molecule has 0 saturated carbocycles. The molecule has 1 aromatic carbocycles. The number of methoxy groups -OCH3 is 1. The Morgan fingerprint density at radius 1 is 1.10 bits per heavy atom. The van der Waals surface area contributed by atoms with Crippen molar-refractivity contribution >= 4 is 29.2 Å². The number of nitrogens with one attached hydrogen (secondary N) is 1. The highest BCUT2D eigenvalue weighted by atomic mass is 19.1. The Hall–Kier alpha value is -4.27. The maximum Gasteiger partial charge on any atom is 0.412 e. The predicted octanol–water partition coefficient (Wildman–Crippen LogP) is 3.99. The van der Waals surface area contributed by atoms with Crippen molar-refractivity contribution in [1.29, 1.82) is 0 Å². The number of pyridine rings is 2. The average Bonchev–Trinajstić information content (AvgIpc) is 3.21. The maximum absolute atomic E-state index is 13.5. The fraction of sp³-hybridized carbons (Fsp3) is 0.0909. The molecule has 0 saturated heterocycles. The third kappa shape index (κ3) is 4.06. The molecule has 3 aromatic heterocycles. The number of imidazole rings is 1. The lowest BCUT2D eigenvalue weighted by atomic mass is 10.2. The highest BCUT2D eigenvalue weighted by Gasteiger charge is 2.16. The van der Waals surface area contributed by atoms with Crippen molar-refractivity contribution in [3.8, 4) is 11.3 Å². The van der Waals surface area contributed by atoms with E-state index < -0.39 is 11.9 Å². The van der Waals surface area contributed by atoms with Gasteiger partial charge in [0.05, 0.1) is 24.6 Å². The zero-order valence-electron chi connectivity index (χ0n) is 16.7. The van der Waals surface area contributed by atoms with E-state index in [0.717, 1.165) is 11.3 Å². The highest BCUT2D eigenvalue weighted by molar-refractivity contribution is 6.05. The van der Waals surface area contributed by atoms with E-state index in [1.807, 2.05) is 0 Å². The summed E-state index contributed by atoms with van der Waals surface area (Å²) in [5, 5.41) is 2.49. The van der Waals surface area contributed by atoms with Gasteiger partial charge in [-0.15, -0.1) is 0 Å². The monoisotopic (exact) mass is 419 g/mol. The van der Waals surface area contributed by atoms with Crippen LogP contribution in [0.3, 0.4) is 0 Å². The van der Waals surface area contributed by atoms with Gasteiger partial charge in [0.25, 0.3) is 5.91 Å². The maximum atomic E-state index is 13.5. The van der Waals surface area contributed by atoms with E-state index in [1.54, 1.807) is 66.4 Å². The van der Waals surface area contributed by atoms with Gasteiger partial charge in [-0.05, 0) is 42.5 Å². The molecule has 0 fully saturated rings. The summed E-state index contributed by atoms with van der Waals surface area (Å²) in [5.41, 5.74) is 2.97. The van der Waals surface area contributed by atoms with Gasteiger partial charge in [0.2, 0.25) is 0 Å². The highest BCUT2D eigenvalue weighted by Crippen LogP contribution is 2.23. The summed E-state index contributed by atoms with van der Waals surface area (Å²) in [5.74, 6) is -0.359. The van der Waals surface area contributed by atoms with Gasteiger partial charge in [0, 0.05) is 30.7 Å². The fourth-order valence-corrected chi connectivity index (χ4v) is 3.09. The number of ether oxygens (including phenoxy) is 1. The molecule has 4 aromatic rings. The van der Waals surface area contributed by atoms with Crippen LogP contribution >= 0.6 is 0 Å². The lowest BCUT2D eigenvalue weighted by Crippen LogP contribution is -2.26. The van der Waals surface area contributed by atoms with Crippen LogP contribution in [0.1, 0.15) is 10.4 Å². The molecular formula is C22H18FN5O3. The quantitative estimate of drug-likeness (QED) is 0.540. The molecule has 9 heteroatoms. The van der Waals surface area contributed by atoms with Crippen LogP contribution in [0, 0.1) is 5.82 Å². The minimum Gasteiger partial charge on any atom is -0.453 e. The summed E-state index contributed by atoms with van der Waals surface area (Å²) in [6.45, 7) is 0. The Morgan fingerprint density at radius 3 is 2.65 bits per heavy atom. The normalized spacial score (nSPS) is 10.7. The zero-order valence-corrected chi connectivity index (χ0v) is 16.7. The summed E-state index contributed by atoms with van der Waals surface area (Å²) in [7, 11) is 2.86. The van der Waals surface area contributed by atoms with E-state index in [1.165, 1.54) is 24.1 Å². The van der Waals surface area contributed by atoms with Crippen LogP contribution in [0.4, 0.5) is 20.7 Å². The lowest BCUT2D eigenvalue weighted by molar-refractivity contribution is 0.0992. The number of carbonyl (C=O) groups excluding carboxylic acids is 2. The van der Waals surface area contributed by atoms with Crippen LogP contribution in [0.5, 0.6) is 0 Å². The largest absolute Gasteiger partial charge is 0.453 e. The number of benzene rings is 1. The molecule has 0 aliphatic heterocycles. The van der Waals surface area contributed by atoms with Crippen molar-refractivity contribution in [1.82, 2.24) is 14.4 Å². The minimum absolute atomic E-state index is 0.289. The third-order valence-electron chi connectivity index (χ3n) is 4.73. The smallest absolute Gasteiger partial charge is 0.412 e. The van der Waals surface area contributed by atoms with Crippen LogP contribution < -0.4 is 10.2 Å². The number of fused-ring (bicyclic) bond motifs is 1. The van der Waals surface area contributed by atoms with E-state index in [4.69, 9.17) is 0 Å². The van der Waals surface area contributed by atoms with Crippen molar-refractivity contribution in [3.05, 3.63) is 78.5 Å². The minimum atomic E-state index is -0.611. The van der Waals surface area contributed by atoms with Crippen molar-refractivity contribution in [2.45, 2.75) is 0 Å². The van der Waals surface area contributed by atoms with Gasteiger partial charge in [-0.2, -0.15) is 0 Å². The van der Waals surface area contributed by atoms with Crippen molar-refractivity contribution in [2.24, 2.45) is 0 Å². The lowest BCUT2D eigenvalue weighted by Gasteiger charge is -2.17. The number of aromatic nitrogens is 3. The van der Waals surface area contributed by atoms with Crippen molar-refractivity contribution in [2.75, 3.05) is 24.4 Å². The Bertz CT molecular complexity index is 1270. The van der Waals surface area contributed by atoms with Gasteiger partial charge in [0.15, 0.2) is 0 Å². The molecule has 0 unspecified atom stereocenters. The SMILES string of the molecule is COC(=O)Nc1ccc(-c2cnc3ccc(C(=O)N(C)c4cccc(F)c4)cn23)cn1. The second kappa shape index (κ2) is 8.23. The first-order valence-corrected chi connectivity index (χ1v) is 9.28. The first-order valence-electron chi connectivity index (χ1n) is 9.28. The number of amides is 2. The van der Waals surface area contributed by atoms with Crippen molar-refractivity contribution < 1.29 is 18.7 Å². The van der Waals surface area contributed by atoms with Crippen LogP contribution in [0.2, 0.25) is 0 Å². The molecule has 0 atom stereocenters. The first kappa shape index (κ1) is 20.0. The number of nitrogens with zero attached hydrogens (tertiary/aromatic N) is 4. The first-order chi connectivity index (χ1) is 15.0.